The number of benzene rings is 2. The molecule has 0 saturated heterocycles. The molecule has 1 N–H and O–H groups in total. The van der Waals surface area contributed by atoms with Crippen molar-refractivity contribution in [1.29, 1.82) is 0 Å². The van der Waals surface area contributed by atoms with Crippen molar-refractivity contribution in [1.82, 2.24) is 0 Å². The molecule has 2 aliphatic rings. The van der Waals surface area contributed by atoms with Gasteiger partial charge in [0.05, 0.1) is 40.4 Å². The van der Waals surface area contributed by atoms with Gasteiger partial charge in [-0.2, -0.15) is 0 Å². The minimum atomic E-state index is -0.996. The molecule has 0 fully saturated rings. The molecule has 1 amide bonds. The normalized spacial score (nSPS) is 16.3. The lowest BCUT2D eigenvalue weighted by Crippen LogP contribution is -2.39. The van der Waals surface area contributed by atoms with Gasteiger partial charge in [-0.3, -0.25) is 14.9 Å². The zero-order valence-electron chi connectivity index (χ0n) is 21.8. The Morgan fingerprint density at radius 1 is 1.16 bits per heavy atom. The van der Waals surface area contributed by atoms with Crippen LogP contribution in [-0.4, -0.2) is 61.9 Å². The highest BCUT2D eigenvalue weighted by Crippen LogP contribution is 2.42. The zero-order chi connectivity index (χ0) is 27.4. The average Bonchev–Trinajstić information content (AvgIpc) is 3.18. The van der Waals surface area contributed by atoms with Gasteiger partial charge in [-0.25, -0.2) is 0 Å². The molecule has 0 bridgehead atoms. The highest BCUT2D eigenvalue weighted by Gasteiger charge is 2.38. The predicted molar refractivity (Wildman–Crippen MR) is 157 cm³/mol. The van der Waals surface area contributed by atoms with E-state index in [-0.39, 0.29) is 17.6 Å². The molecule has 0 saturated carbocycles. The number of anilines is 2. The Labute approximate surface area is 229 Å². The molecule has 0 aromatic heterocycles. The summed E-state index contributed by atoms with van der Waals surface area (Å²) >= 11 is 6.51. The highest BCUT2D eigenvalue weighted by molar-refractivity contribution is 6.61. The van der Waals surface area contributed by atoms with Crippen LogP contribution in [0.2, 0.25) is 0 Å². The van der Waals surface area contributed by atoms with Crippen LogP contribution in [-0.2, 0) is 16.5 Å². The van der Waals surface area contributed by atoms with E-state index in [0.29, 0.717) is 46.8 Å². The molecular weight excluding hydrogens is 501 g/mol. The lowest BCUT2D eigenvalue weighted by Gasteiger charge is -2.30. The van der Waals surface area contributed by atoms with Gasteiger partial charge in [0.2, 0.25) is 0 Å². The van der Waals surface area contributed by atoms with Gasteiger partial charge >= 0.3 is 0 Å². The maximum absolute atomic E-state index is 13.7. The van der Waals surface area contributed by atoms with E-state index in [1.54, 1.807) is 38.8 Å². The standard InChI is InChI=1S/C25H24B4ClN3O5/c1-37-21-10-18-19(31-12-17-6-13-4-2-3-5-20(13)32(17)23(18)34)11-22(21)38-25(28,29)15-7-14(24(26,27)30)8-16(9-15)33(35)36/h3,5,7-11,17,31H,6,12,26-29H2,1H3/t17-/m0/s1. The number of hydrogen-bond acceptors (Lipinski definition) is 6. The number of nitrogens with one attached hydrogen (secondary N) is 1. The number of rotatable bonds is 6. The molecular formula is C25H24B4ClN3O5. The molecule has 2 aliphatic heterocycles. The van der Waals surface area contributed by atoms with Crippen molar-refractivity contribution in [3.05, 3.63) is 87.0 Å². The third kappa shape index (κ3) is 4.56. The number of amides is 1. The third-order valence-corrected chi connectivity index (χ3v) is 7.30. The molecule has 8 nitrogen and oxygen atoms in total. The first-order valence-electron chi connectivity index (χ1n) is 12.3. The Morgan fingerprint density at radius 2 is 1.89 bits per heavy atom. The number of methoxy groups -OCH3 is 1. The lowest BCUT2D eigenvalue weighted by molar-refractivity contribution is -0.385. The van der Waals surface area contributed by atoms with Gasteiger partial charge in [0, 0.05) is 41.4 Å². The number of hydrogen-bond donors (Lipinski definition) is 1. The summed E-state index contributed by atoms with van der Waals surface area (Å²) in [5.41, 5.74) is 4.04. The van der Waals surface area contributed by atoms with Crippen molar-refractivity contribution in [3.63, 3.8) is 0 Å². The van der Waals surface area contributed by atoms with Crippen LogP contribution in [0.4, 0.5) is 17.1 Å². The molecule has 0 unspecified atom stereocenters. The first-order valence-corrected chi connectivity index (χ1v) is 12.7. The van der Waals surface area contributed by atoms with Gasteiger partial charge in [-0.05, 0) is 29.3 Å². The zero-order valence-corrected chi connectivity index (χ0v) is 22.6. The number of carbonyl (C=O) groups is 1. The Balaban J connectivity index is 1.53. The van der Waals surface area contributed by atoms with Crippen molar-refractivity contribution in [2.75, 3.05) is 23.9 Å². The van der Waals surface area contributed by atoms with E-state index in [4.69, 9.17) is 21.1 Å². The fraction of sp³-hybridized carbons (Fsp3) is 0.240. The number of ether oxygens (including phenoxy) is 2. The van der Waals surface area contributed by atoms with Gasteiger partial charge < -0.3 is 19.7 Å². The second-order valence-electron chi connectivity index (χ2n) is 10.5. The Kier molecular flexibility index (Phi) is 6.31. The smallest absolute Gasteiger partial charge is 0.270 e. The van der Waals surface area contributed by atoms with E-state index in [1.807, 2.05) is 27.8 Å². The average molecular weight is 525 g/mol. The van der Waals surface area contributed by atoms with Gasteiger partial charge in [0.25, 0.3) is 11.6 Å². The monoisotopic (exact) mass is 525 g/mol. The number of nitro benzene ring substituents is 1. The van der Waals surface area contributed by atoms with E-state index in [9.17, 15) is 14.9 Å². The van der Waals surface area contributed by atoms with Crippen LogP contribution in [0.15, 0.2) is 42.5 Å². The minimum absolute atomic E-state index is 0.0500. The summed E-state index contributed by atoms with van der Waals surface area (Å²) in [6.45, 7) is 0.551. The van der Waals surface area contributed by atoms with Gasteiger partial charge in [-0.15, -0.1) is 11.6 Å². The maximum atomic E-state index is 13.7. The number of nitro groups is 1. The fourth-order valence-electron chi connectivity index (χ4n) is 4.98. The second kappa shape index (κ2) is 9.25. The number of carbonyl (C=O) groups excluding carboxylic acids is 1. The van der Waals surface area contributed by atoms with Crippen LogP contribution in [0.5, 0.6) is 11.5 Å². The third-order valence-electron chi connectivity index (χ3n) is 7.08. The summed E-state index contributed by atoms with van der Waals surface area (Å²) in [5.74, 6) is 0.645. The van der Waals surface area contributed by atoms with Gasteiger partial charge in [0.1, 0.15) is 15.7 Å². The molecule has 3 aromatic carbocycles. The summed E-state index contributed by atoms with van der Waals surface area (Å²) in [6, 6.07) is 17.9. The van der Waals surface area contributed by atoms with E-state index in [1.165, 1.54) is 19.2 Å². The molecule has 0 radical (unpaired) electrons. The van der Waals surface area contributed by atoms with Crippen molar-refractivity contribution < 1.29 is 19.2 Å². The SMILES string of the molecule is BC(B)(Cl)c1cc([N+](=O)[O-])cc(C(B)(B)Oc2cc3c(cc2OC)C(=O)N2c4ccc#cc4C[C@H]2CN3)c1. The van der Waals surface area contributed by atoms with E-state index < -0.39 is 15.0 Å². The van der Waals surface area contributed by atoms with E-state index in [0.717, 1.165) is 11.3 Å². The molecule has 5 rings (SSSR count). The summed E-state index contributed by atoms with van der Waals surface area (Å²) < 4.78 is 11.3. The number of halogens is 1. The molecule has 38 heavy (non-hydrogen) atoms. The van der Waals surface area contributed by atoms with E-state index >= 15 is 0 Å². The van der Waals surface area contributed by atoms with Crippen molar-refractivity contribution in [2.24, 2.45) is 0 Å². The summed E-state index contributed by atoms with van der Waals surface area (Å²) in [7, 11) is 8.71. The number of nitrogens with zero attached hydrogens (tertiary/aromatic N) is 2. The van der Waals surface area contributed by atoms with Crippen molar-refractivity contribution >= 4 is 66.0 Å². The minimum Gasteiger partial charge on any atom is -0.497 e. The van der Waals surface area contributed by atoms with Crippen LogP contribution in [0.3, 0.4) is 0 Å². The molecule has 2 heterocycles. The van der Waals surface area contributed by atoms with Gasteiger partial charge in [0.15, 0.2) is 27.2 Å². The Hall–Kier alpha value is -3.70. The second-order valence-corrected chi connectivity index (χ2v) is 11.5. The Morgan fingerprint density at radius 3 is 2.58 bits per heavy atom. The Bertz CT molecular complexity index is 1460. The van der Waals surface area contributed by atoms with Crippen molar-refractivity contribution in [3.8, 4) is 11.5 Å². The van der Waals surface area contributed by atoms with Crippen LogP contribution >= 0.6 is 11.6 Å². The molecule has 1 atom stereocenters. The van der Waals surface area contributed by atoms with Gasteiger partial charge in [-0.1, -0.05) is 18.2 Å². The van der Waals surface area contributed by atoms with Crippen LogP contribution in [0.25, 0.3) is 0 Å². The number of non-ortho nitro benzene ring substituents is 1. The van der Waals surface area contributed by atoms with Crippen LogP contribution < -0.4 is 19.7 Å². The van der Waals surface area contributed by atoms with Crippen LogP contribution in [0, 0.1) is 22.2 Å². The molecule has 0 aliphatic carbocycles. The molecule has 13 heteroatoms. The first kappa shape index (κ1) is 25.9. The summed E-state index contributed by atoms with van der Waals surface area (Å²) in [5, 5.41) is 14.1. The number of alkyl halides is 1. The summed E-state index contributed by atoms with van der Waals surface area (Å²) in [4.78, 5) is 26.7. The van der Waals surface area contributed by atoms with Crippen LogP contribution in [0.1, 0.15) is 27.0 Å². The lowest BCUT2D eigenvalue weighted by atomic mass is 9.59. The number of fused-ring (bicyclic) bond motifs is 4. The summed E-state index contributed by atoms with van der Waals surface area (Å²) in [6.07, 6.45) is 0.693. The van der Waals surface area contributed by atoms with Crippen molar-refractivity contribution in [2.45, 2.75) is 22.5 Å². The van der Waals surface area contributed by atoms with E-state index in [2.05, 4.69) is 17.4 Å². The largest absolute Gasteiger partial charge is 0.497 e. The predicted octanol–water partition coefficient (Wildman–Crippen LogP) is 0.272. The molecule has 0 spiro atoms. The first-order chi connectivity index (χ1) is 17.9. The fourth-order valence-corrected chi connectivity index (χ4v) is 5.09. The molecule has 188 valence electrons. The molecule has 3 aromatic rings. The quantitative estimate of drug-likeness (QED) is 0.215. The topological polar surface area (TPSA) is 93.9 Å². The highest BCUT2D eigenvalue weighted by atomic mass is 35.5. The maximum Gasteiger partial charge on any atom is 0.270 e.